The van der Waals surface area contributed by atoms with E-state index in [4.69, 9.17) is 0 Å². The summed E-state index contributed by atoms with van der Waals surface area (Å²) >= 11 is 1.55. The molecule has 0 aliphatic heterocycles. The highest BCUT2D eigenvalue weighted by atomic mass is 32.1. The van der Waals surface area contributed by atoms with E-state index in [1.807, 2.05) is 19.2 Å². The summed E-state index contributed by atoms with van der Waals surface area (Å²) in [6, 6.07) is 7.65. The SMILES string of the molecule is CCc1nc(C(C)NC(=O)c2ccc(=O)n(-c3ccc(F)cc3)n2)cs1. The molecule has 1 aromatic carbocycles. The fourth-order valence-corrected chi connectivity index (χ4v) is 3.17. The molecule has 0 spiro atoms. The topological polar surface area (TPSA) is 76.9 Å². The second-order valence-electron chi connectivity index (χ2n) is 5.66. The molecular weight excluding hydrogens is 355 g/mol. The van der Waals surface area contributed by atoms with E-state index in [0.717, 1.165) is 21.8 Å². The average Bonchev–Trinajstić information content (AvgIpc) is 3.12. The normalized spacial score (nSPS) is 12.0. The molecular formula is C18H17FN4O2S. The number of carbonyl (C=O) groups excluding carboxylic acids is 1. The first kappa shape index (κ1) is 17.9. The molecule has 26 heavy (non-hydrogen) atoms. The van der Waals surface area contributed by atoms with Gasteiger partial charge in [0.2, 0.25) is 0 Å². The number of thiazole rings is 1. The van der Waals surface area contributed by atoms with Crippen molar-refractivity contribution >= 4 is 17.2 Å². The number of aromatic nitrogens is 3. The van der Waals surface area contributed by atoms with Crippen LogP contribution in [0.2, 0.25) is 0 Å². The fourth-order valence-electron chi connectivity index (χ4n) is 2.33. The molecule has 3 rings (SSSR count). The number of nitrogens with one attached hydrogen (secondary N) is 1. The van der Waals surface area contributed by atoms with Gasteiger partial charge in [0, 0.05) is 11.4 Å². The van der Waals surface area contributed by atoms with Gasteiger partial charge in [-0.2, -0.15) is 9.78 Å². The molecule has 0 saturated heterocycles. The largest absolute Gasteiger partial charge is 0.343 e. The highest BCUT2D eigenvalue weighted by molar-refractivity contribution is 7.09. The van der Waals surface area contributed by atoms with Crippen molar-refractivity contribution in [2.24, 2.45) is 0 Å². The minimum Gasteiger partial charge on any atom is -0.343 e. The molecule has 1 unspecified atom stereocenters. The van der Waals surface area contributed by atoms with Gasteiger partial charge < -0.3 is 5.32 Å². The van der Waals surface area contributed by atoms with E-state index in [-0.39, 0.29) is 11.7 Å². The predicted molar refractivity (Wildman–Crippen MR) is 97.2 cm³/mol. The Bertz CT molecular complexity index is 981. The maximum Gasteiger partial charge on any atom is 0.272 e. The molecule has 1 atom stereocenters. The third-order valence-corrected chi connectivity index (χ3v) is 4.78. The Kier molecular flexibility index (Phi) is 5.22. The minimum atomic E-state index is -0.417. The second-order valence-corrected chi connectivity index (χ2v) is 6.60. The molecule has 2 aromatic heterocycles. The zero-order valence-electron chi connectivity index (χ0n) is 14.3. The van der Waals surface area contributed by atoms with E-state index in [0.29, 0.717) is 5.69 Å². The van der Waals surface area contributed by atoms with Gasteiger partial charge in [0.1, 0.15) is 11.5 Å². The van der Waals surface area contributed by atoms with Crippen LogP contribution in [0.3, 0.4) is 0 Å². The van der Waals surface area contributed by atoms with Gasteiger partial charge in [0.15, 0.2) is 0 Å². The lowest BCUT2D eigenvalue weighted by atomic mass is 10.2. The Balaban J connectivity index is 1.82. The quantitative estimate of drug-likeness (QED) is 0.747. The van der Waals surface area contributed by atoms with Crippen LogP contribution >= 0.6 is 11.3 Å². The first-order valence-corrected chi connectivity index (χ1v) is 8.97. The Morgan fingerprint density at radius 2 is 2.00 bits per heavy atom. The summed E-state index contributed by atoms with van der Waals surface area (Å²) in [6.07, 6.45) is 0.843. The molecule has 2 heterocycles. The summed E-state index contributed by atoms with van der Waals surface area (Å²) in [5, 5.41) is 9.83. The Hall–Kier alpha value is -2.87. The summed E-state index contributed by atoms with van der Waals surface area (Å²) in [7, 11) is 0. The van der Waals surface area contributed by atoms with Gasteiger partial charge in [-0.25, -0.2) is 9.37 Å². The van der Waals surface area contributed by atoms with Crippen LogP contribution < -0.4 is 10.9 Å². The maximum atomic E-state index is 13.1. The summed E-state index contributed by atoms with van der Waals surface area (Å²) < 4.78 is 14.1. The van der Waals surface area contributed by atoms with E-state index < -0.39 is 17.3 Å². The van der Waals surface area contributed by atoms with Gasteiger partial charge in [-0.05, 0) is 43.7 Å². The molecule has 6 nitrogen and oxygen atoms in total. The van der Waals surface area contributed by atoms with Crippen molar-refractivity contribution in [3.05, 3.63) is 74.3 Å². The van der Waals surface area contributed by atoms with Crippen molar-refractivity contribution < 1.29 is 9.18 Å². The zero-order valence-corrected chi connectivity index (χ0v) is 15.1. The monoisotopic (exact) mass is 372 g/mol. The van der Waals surface area contributed by atoms with Crippen LogP contribution in [0.1, 0.15) is 41.1 Å². The van der Waals surface area contributed by atoms with Gasteiger partial charge in [-0.15, -0.1) is 11.3 Å². The van der Waals surface area contributed by atoms with E-state index in [1.165, 1.54) is 36.4 Å². The minimum absolute atomic E-state index is 0.0896. The summed E-state index contributed by atoms with van der Waals surface area (Å²) in [4.78, 5) is 29.0. The van der Waals surface area contributed by atoms with Crippen LogP contribution in [0.15, 0.2) is 46.6 Å². The molecule has 0 bridgehead atoms. The highest BCUT2D eigenvalue weighted by Gasteiger charge is 2.16. The lowest BCUT2D eigenvalue weighted by Crippen LogP contribution is -2.30. The van der Waals surface area contributed by atoms with Crippen molar-refractivity contribution in [3.63, 3.8) is 0 Å². The van der Waals surface area contributed by atoms with Crippen LogP contribution in [0.5, 0.6) is 0 Å². The van der Waals surface area contributed by atoms with Gasteiger partial charge in [-0.3, -0.25) is 9.59 Å². The van der Waals surface area contributed by atoms with Crippen LogP contribution in [0.25, 0.3) is 5.69 Å². The molecule has 1 N–H and O–H groups in total. The lowest BCUT2D eigenvalue weighted by molar-refractivity contribution is 0.0932. The molecule has 0 saturated carbocycles. The Labute approximate surface area is 153 Å². The predicted octanol–water partition coefficient (Wildman–Crippen LogP) is 2.88. The Morgan fingerprint density at radius 3 is 2.65 bits per heavy atom. The standard InChI is InChI=1S/C18H17FN4O2S/c1-3-16-21-15(10-26-16)11(2)20-18(25)14-8-9-17(24)23(22-14)13-6-4-12(19)5-7-13/h4-11H,3H2,1-2H3,(H,20,25). The number of hydrogen-bond acceptors (Lipinski definition) is 5. The molecule has 0 fully saturated rings. The molecule has 8 heteroatoms. The number of hydrogen-bond donors (Lipinski definition) is 1. The third kappa shape index (κ3) is 3.85. The van der Waals surface area contributed by atoms with Crippen LogP contribution in [-0.2, 0) is 6.42 Å². The van der Waals surface area contributed by atoms with Crippen molar-refractivity contribution in [3.8, 4) is 5.69 Å². The lowest BCUT2D eigenvalue weighted by Gasteiger charge is -2.12. The molecule has 1 amide bonds. The number of aryl methyl sites for hydroxylation is 1. The zero-order chi connectivity index (χ0) is 18.7. The highest BCUT2D eigenvalue weighted by Crippen LogP contribution is 2.17. The van der Waals surface area contributed by atoms with Crippen molar-refractivity contribution in [1.29, 1.82) is 0 Å². The van der Waals surface area contributed by atoms with Gasteiger partial charge >= 0.3 is 0 Å². The number of halogens is 1. The number of amides is 1. The number of benzene rings is 1. The average molecular weight is 372 g/mol. The third-order valence-electron chi connectivity index (χ3n) is 3.77. The molecule has 0 radical (unpaired) electrons. The Morgan fingerprint density at radius 1 is 1.27 bits per heavy atom. The smallest absolute Gasteiger partial charge is 0.272 e. The van der Waals surface area contributed by atoms with Crippen LogP contribution in [0, 0.1) is 5.82 Å². The van der Waals surface area contributed by atoms with Crippen molar-refractivity contribution in [2.75, 3.05) is 0 Å². The molecule has 0 aliphatic carbocycles. The first-order chi connectivity index (χ1) is 12.5. The summed E-state index contributed by atoms with van der Waals surface area (Å²) in [5.41, 5.74) is 0.846. The van der Waals surface area contributed by atoms with E-state index in [2.05, 4.69) is 15.4 Å². The van der Waals surface area contributed by atoms with Crippen molar-refractivity contribution in [2.45, 2.75) is 26.3 Å². The fraction of sp³-hybridized carbons (Fsp3) is 0.222. The first-order valence-electron chi connectivity index (χ1n) is 8.09. The van der Waals surface area contributed by atoms with E-state index >= 15 is 0 Å². The van der Waals surface area contributed by atoms with Crippen molar-refractivity contribution in [1.82, 2.24) is 20.1 Å². The molecule has 3 aromatic rings. The molecule has 0 aliphatic rings. The number of rotatable bonds is 5. The van der Waals surface area contributed by atoms with Crippen LogP contribution in [-0.4, -0.2) is 20.7 Å². The van der Waals surface area contributed by atoms with E-state index in [9.17, 15) is 14.0 Å². The number of carbonyl (C=O) groups is 1. The van der Waals surface area contributed by atoms with E-state index in [1.54, 1.807) is 11.3 Å². The van der Waals surface area contributed by atoms with Gasteiger partial charge in [0.05, 0.1) is 22.4 Å². The van der Waals surface area contributed by atoms with Gasteiger partial charge in [-0.1, -0.05) is 6.92 Å². The molecule has 134 valence electrons. The van der Waals surface area contributed by atoms with Crippen LogP contribution in [0.4, 0.5) is 4.39 Å². The summed E-state index contributed by atoms with van der Waals surface area (Å²) in [6.45, 7) is 3.86. The second kappa shape index (κ2) is 7.57. The number of nitrogens with zero attached hydrogens (tertiary/aromatic N) is 3. The maximum absolute atomic E-state index is 13.1. The van der Waals surface area contributed by atoms with Gasteiger partial charge in [0.25, 0.3) is 11.5 Å². The summed E-state index contributed by atoms with van der Waals surface area (Å²) in [5.74, 6) is -0.835.